The number of nitrogens with zero attached hydrogens (tertiary/aromatic N) is 2. The van der Waals surface area contributed by atoms with Gasteiger partial charge in [0.1, 0.15) is 11.2 Å². The molecule has 0 unspecified atom stereocenters. The van der Waals surface area contributed by atoms with Gasteiger partial charge in [-0.25, -0.2) is 0 Å². The van der Waals surface area contributed by atoms with Crippen molar-refractivity contribution in [2.24, 2.45) is 5.92 Å². The Morgan fingerprint density at radius 3 is 2.60 bits per heavy atom. The average Bonchev–Trinajstić information content (AvgIpc) is 3.42. The maximum atomic E-state index is 13.9. The lowest BCUT2D eigenvalue weighted by Crippen LogP contribution is -2.65. The number of carbonyl (C=O) groups excluding carboxylic acids is 2. The Bertz CT molecular complexity index is 1210. The van der Waals surface area contributed by atoms with Crippen LogP contribution in [0.15, 0.2) is 42.5 Å². The molecule has 186 valence electrons. The van der Waals surface area contributed by atoms with Gasteiger partial charge in [0.15, 0.2) is 0 Å². The fraction of sp³-hybridized carbons (Fsp3) is 0.517. The summed E-state index contributed by atoms with van der Waals surface area (Å²) in [7, 11) is 0. The first-order valence-corrected chi connectivity index (χ1v) is 14.0. The van der Waals surface area contributed by atoms with Gasteiger partial charge in [0.05, 0.1) is 16.8 Å². The Labute approximate surface area is 212 Å². The Kier molecular flexibility index (Phi) is 6.75. The monoisotopic (exact) mass is 491 g/mol. The van der Waals surface area contributed by atoms with Crippen molar-refractivity contribution in [2.75, 3.05) is 6.54 Å². The maximum absolute atomic E-state index is 13.9. The summed E-state index contributed by atoms with van der Waals surface area (Å²) in [5.74, 6) is 0.691. The van der Waals surface area contributed by atoms with Crippen molar-refractivity contribution >= 4 is 33.4 Å². The van der Waals surface area contributed by atoms with Crippen LogP contribution in [0, 0.1) is 5.92 Å². The average molecular weight is 492 g/mol. The van der Waals surface area contributed by atoms with Crippen molar-refractivity contribution in [3.05, 3.63) is 58.6 Å². The van der Waals surface area contributed by atoms with E-state index in [0.717, 1.165) is 61.1 Å². The first-order valence-electron chi connectivity index (χ1n) is 13.2. The molecule has 1 fully saturated rings. The van der Waals surface area contributed by atoms with Gasteiger partial charge < -0.3 is 14.8 Å². The van der Waals surface area contributed by atoms with E-state index in [9.17, 15) is 9.59 Å². The number of aryl methyl sites for hydroxylation is 2. The number of nitrogens with one attached hydrogen (secondary N) is 1. The van der Waals surface area contributed by atoms with Crippen molar-refractivity contribution in [3.8, 4) is 0 Å². The topological polar surface area (TPSA) is 54.3 Å². The van der Waals surface area contributed by atoms with Crippen LogP contribution in [-0.2, 0) is 24.2 Å². The summed E-state index contributed by atoms with van der Waals surface area (Å²) >= 11 is 1.75. The highest BCUT2D eigenvalue weighted by molar-refractivity contribution is 7.19. The largest absolute Gasteiger partial charge is 0.351 e. The first kappa shape index (κ1) is 24.1. The van der Waals surface area contributed by atoms with Crippen molar-refractivity contribution in [3.63, 3.8) is 0 Å². The minimum atomic E-state index is -0.913. The molecule has 1 aliphatic heterocycles. The number of thiophene rings is 1. The number of hydrogen-bond acceptors (Lipinski definition) is 3. The molecule has 5 rings (SSSR count). The summed E-state index contributed by atoms with van der Waals surface area (Å²) in [5.41, 5.74) is 2.15. The van der Waals surface area contributed by atoms with Crippen LogP contribution in [0.1, 0.15) is 73.8 Å². The number of hydrogen-bond donors (Lipinski definition) is 1. The lowest BCUT2D eigenvalue weighted by atomic mass is 9.86. The molecule has 1 aliphatic carbocycles. The molecule has 35 heavy (non-hydrogen) atoms. The number of aromatic nitrogens is 1. The Morgan fingerprint density at radius 1 is 1.14 bits per heavy atom. The zero-order valence-electron chi connectivity index (χ0n) is 21.2. The van der Waals surface area contributed by atoms with Crippen molar-refractivity contribution < 1.29 is 9.59 Å². The molecule has 2 aromatic heterocycles. The highest BCUT2D eigenvalue weighted by atomic mass is 32.1. The molecule has 1 atom stereocenters. The third-order valence-corrected chi connectivity index (χ3v) is 9.26. The summed E-state index contributed by atoms with van der Waals surface area (Å²) in [5, 5.41) is 3.35. The smallest absolute Gasteiger partial charge is 0.271 e. The molecule has 1 saturated carbocycles. The molecule has 5 nitrogen and oxygen atoms in total. The van der Waals surface area contributed by atoms with Crippen LogP contribution in [0.4, 0.5) is 0 Å². The summed E-state index contributed by atoms with van der Waals surface area (Å²) < 4.78 is 3.24. The van der Waals surface area contributed by atoms with E-state index in [1.807, 2.05) is 36.1 Å². The molecule has 2 amide bonds. The van der Waals surface area contributed by atoms with Crippen molar-refractivity contribution in [1.82, 2.24) is 14.8 Å². The molecule has 0 radical (unpaired) electrons. The molecule has 1 N–H and O–H groups in total. The van der Waals surface area contributed by atoms with Crippen LogP contribution in [0.3, 0.4) is 0 Å². The fourth-order valence-corrected chi connectivity index (χ4v) is 6.79. The highest BCUT2D eigenvalue weighted by Crippen LogP contribution is 2.36. The van der Waals surface area contributed by atoms with Crippen LogP contribution in [0.2, 0.25) is 0 Å². The molecule has 0 bridgehead atoms. The number of fused-ring (bicyclic) bond motifs is 3. The van der Waals surface area contributed by atoms with Gasteiger partial charge in [-0.15, -0.1) is 11.3 Å². The van der Waals surface area contributed by atoms with Crippen LogP contribution in [-0.4, -0.2) is 39.4 Å². The standard InChI is InChI=1S/C29H37N3O2S/c1-4-23-17-24-26(35-23)18-25-27(33)32(16-8-11-21-9-6-5-7-10-21)29(3,19-31(24)25)28(34)30-22-14-12-20(2)13-15-22/h5-7,9-10,17-18,20,22H,4,8,11-16,19H2,1-3H3,(H,30,34)/t20?,22?,29-/m0/s1. The van der Waals surface area contributed by atoms with Gasteiger partial charge in [0.25, 0.3) is 5.91 Å². The molecule has 2 aliphatic rings. The Hall–Kier alpha value is -2.60. The van der Waals surface area contributed by atoms with E-state index in [4.69, 9.17) is 0 Å². The maximum Gasteiger partial charge on any atom is 0.271 e. The third kappa shape index (κ3) is 4.65. The van der Waals surface area contributed by atoms with Gasteiger partial charge in [0.2, 0.25) is 5.91 Å². The minimum absolute atomic E-state index is 0.0106. The molecular weight excluding hydrogens is 454 g/mol. The van der Waals surface area contributed by atoms with Gasteiger partial charge >= 0.3 is 0 Å². The SMILES string of the molecule is CCc1cc2c(cc3n2C[C@@](C)(C(=O)NC2CCC(C)CC2)N(CCCc2ccccc2)C3=O)s1. The van der Waals surface area contributed by atoms with Crippen LogP contribution < -0.4 is 5.32 Å². The quantitative estimate of drug-likeness (QED) is 0.454. The van der Waals surface area contributed by atoms with Gasteiger partial charge in [-0.3, -0.25) is 9.59 Å². The van der Waals surface area contributed by atoms with Gasteiger partial charge in [-0.2, -0.15) is 0 Å². The molecule has 0 saturated heterocycles. The molecule has 3 aromatic rings. The second-order valence-electron chi connectivity index (χ2n) is 10.7. The zero-order chi connectivity index (χ0) is 24.6. The molecule has 0 spiro atoms. The number of carbonyl (C=O) groups is 2. The lowest BCUT2D eigenvalue weighted by molar-refractivity contribution is -0.133. The van der Waals surface area contributed by atoms with Crippen LogP contribution >= 0.6 is 11.3 Å². The van der Waals surface area contributed by atoms with Gasteiger partial charge in [-0.1, -0.05) is 44.2 Å². The second kappa shape index (κ2) is 9.81. The minimum Gasteiger partial charge on any atom is -0.351 e. The molecule has 3 heterocycles. The summed E-state index contributed by atoms with van der Waals surface area (Å²) in [6.07, 6.45) is 7.04. The molecule has 6 heteroatoms. The third-order valence-electron chi connectivity index (χ3n) is 8.05. The summed E-state index contributed by atoms with van der Waals surface area (Å²) in [6, 6.07) is 14.8. The van der Waals surface area contributed by atoms with E-state index >= 15 is 0 Å². The van der Waals surface area contributed by atoms with E-state index in [1.54, 1.807) is 11.3 Å². The number of amides is 2. The summed E-state index contributed by atoms with van der Waals surface area (Å²) in [6.45, 7) is 7.48. The zero-order valence-corrected chi connectivity index (χ0v) is 22.0. The summed E-state index contributed by atoms with van der Waals surface area (Å²) in [4.78, 5) is 30.9. The van der Waals surface area contributed by atoms with Crippen LogP contribution in [0.25, 0.3) is 10.2 Å². The van der Waals surface area contributed by atoms with E-state index in [-0.39, 0.29) is 17.9 Å². The Balaban J connectivity index is 1.43. The van der Waals surface area contributed by atoms with E-state index in [0.29, 0.717) is 18.8 Å². The predicted octanol–water partition coefficient (Wildman–Crippen LogP) is 5.81. The molecular formula is C29H37N3O2S. The van der Waals surface area contributed by atoms with Gasteiger partial charge in [-0.05, 0) is 75.5 Å². The first-order chi connectivity index (χ1) is 16.9. The predicted molar refractivity (Wildman–Crippen MR) is 143 cm³/mol. The normalized spacial score (nSPS) is 24.5. The fourth-order valence-electron chi connectivity index (χ4n) is 5.74. The lowest BCUT2D eigenvalue weighted by Gasteiger charge is -2.45. The van der Waals surface area contributed by atoms with E-state index in [1.165, 1.54) is 10.4 Å². The van der Waals surface area contributed by atoms with Crippen molar-refractivity contribution in [2.45, 2.75) is 83.8 Å². The number of rotatable bonds is 7. The number of benzene rings is 1. The van der Waals surface area contributed by atoms with E-state index < -0.39 is 5.54 Å². The highest BCUT2D eigenvalue weighted by Gasteiger charge is 2.48. The second-order valence-corrected chi connectivity index (χ2v) is 11.8. The van der Waals surface area contributed by atoms with Crippen molar-refractivity contribution in [1.29, 1.82) is 0 Å². The van der Waals surface area contributed by atoms with Gasteiger partial charge in [0, 0.05) is 17.5 Å². The molecule has 1 aromatic carbocycles. The van der Waals surface area contributed by atoms with E-state index in [2.05, 4.69) is 41.9 Å². The Morgan fingerprint density at radius 2 is 1.89 bits per heavy atom. The van der Waals surface area contributed by atoms with Crippen LogP contribution in [0.5, 0.6) is 0 Å².